The Morgan fingerprint density at radius 3 is 2.91 bits per heavy atom. The van der Waals surface area contributed by atoms with E-state index in [1.165, 1.54) is 0 Å². The highest BCUT2D eigenvalue weighted by atomic mass is 35.5. The number of benzene rings is 1. The van der Waals surface area contributed by atoms with Crippen molar-refractivity contribution in [3.8, 4) is 0 Å². The van der Waals surface area contributed by atoms with E-state index in [4.69, 9.17) is 16.7 Å². The number of nitrogens with one attached hydrogen (secondary N) is 1. The Labute approximate surface area is 139 Å². The third-order valence-corrected chi connectivity index (χ3v) is 4.76. The van der Waals surface area contributed by atoms with Gasteiger partial charge in [0.2, 0.25) is 0 Å². The van der Waals surface area contributed by atoms with Gasteiger partial charge in [-0.25, -0.2) is 4.98 Å². The van der Waals surface area contributed by atoms with Crippen LogP contribution >= 0.6 is 23.4 Å². The van der Waals surface area contributed by atoms with Crippen LogP contribution in [0.25, 0.3) is 0 Å². The Hall–Kier alpha value is -1.46. The molecule has 1 unspecified atom stereocenters. The van der Waals surface area contributed by atoms with Gasteiger partial charge in [0.1, 0.15) is 0 Å². The third kappa shape index (κ3) is 4.52. The van der Waals surface area contributed by atoms with Crippen molar-refractivity contribution in [1.82, 2.24) is 9.97 Å². The lowest BCUT2D eigenvalue weighted by Crippen LogP contribution is -2.06. The van der Waals surface area contributed by atoms with Gasteiger partial charge in [-0.05, 0) is 24.5 Å². The van der Waals surface area contributed by atoms with Gasteiger partial charge < -0.3 is 10.1 Å². The standard InChI is InChI=1S/C16H19ClN2O2S/c1-2-9-22-16-18-10-14(19-16)12(7-8-15(20)21)11-5-3-4-6-13(11)17/h3-6,10,12H,2,7-9H2,1H3,(H,18,19)(H,20,21). The summed E-state index contributed by atoms with van der Waals surface area (Å²) in [7, 11) is 0. The van der Waals surface area contributed by atoms with Crippen LogP contribution in [0.1, 0.15) is 43.4 Å². The monoisotopic (exact) mass is 338 g/mol. The van der Waals surface area contributed by atoms with Gasteiger partial charge in [0.25, 0.3) is 0 Å². The zero-order valence-electron chi connectivity index (χ0n) is 12.4. The number of thioether (sulfide) groups is 1. The van der Waals surface area contributed by atoms with Gasteiger partial charge in [-0.15, -0.1) is 0 Å². The first-order valence-corrected chi connectivity index (χ1v) is 8.62. The van der Waals surface area contributed by atoms with Gasteiger partial charge in [0, 0.05) is 35.0 Å². The van der Waals surface area contributed by atoms with Crippen molar-refractivity contribution in [3.63, 3.8) is 0 Å². The number of imidazole rings is 1. The van der Waals surface area contributed by atoms with Crippen molar-refractivity contribution in [2.24, 2.45) is 0 Å². The van der Waals surface area contributed by atoms with Gasteiger partial charge in [0.05, 0.1) is 0 Å². The molecule has 1 aromatic carbocycles. The fourth-order valence-corrected chi connectivity index (χ4v) is 3.25. The largest absolute Gasteiger partial charge is 0.481 e. The number of aromatic amines is 1. The average Bonchev–Trinajstić information content (AvgIpc) is 2.95. The van der Waals surface area contributed by atoms with Crippen LogP contribution in [0.3, 0.4) is 0 Å². The maximum atomic E-state index is 10.9. The van der Waals surface area contributed by atoms with Gasteiger partial charge in [-0.3, -0.25) is 4.79 Å². The van der Waals surface area contributed by atoms with Crippen molar-refractivity contribution >= 4 is 29.3 Å². The molecule has 1 aromatic heterocycles. The Balaban J connectivity index is 2.26. The Kier molecular flexibility index (Phi) is 6.34. The normalized spacial score (nSPS) is 12.3. The summed E-state index contributed by atoms with van der Waals surface area (Å²) in [5, 5.41) is 10.5. The van der Waals surface area contributed by atoms with Crippen LogP contribution < -0.4 is 0 Å². The summed E-state index contributed by atoms with van der Waals surface area (Å²) in [5.74, 6) is 0.101. The Morgan fingerprint density at radius 2 is 2.23 bits per heavy atom. The molecule has 0 saturated heterocycles. The first-order valence-electron chi connectivity index (χ1n) is 7.25. The van der Waals surface area contributed by atoms with Crippen molar-refractivity contribution < 1.29 is 9.90 Å². The number of carbonyl (C=O) groups is 1. The number of halogens is 1. The topological polar surface area (TPSA) is 66.0 Å². The van der Waals surface area contributed by atoms with E-state index in [2.05, 4.69) is 16.9 Å². The second kappa shape index (κ2) is 8.25. The van der Waals surface area contributed by atoms with E-state index in [1.807, 2.05) is 24.3 Å². The number of rotatable bonds is 8. The summed E-state index contributed by atoms with van der Waals surface area (Å²) < 4.78 is 0. The molecule has 4 nitrogen and oxygen atoms in total. The van der Waals surface area contributed by atoms with E-state index in [-0.39, 0.29) is 12.3 Å². The number of carboxylic acids is 1. The van der Waals surface area contributed by atoms with Crippen LogP contribution in [-0.2, 0) is 4.79 Å². The molecule has 0 fully saturated rings. The van der Waals surface area contributed by atoms with Crippen LogP contribution in [0.4, 0.5) is 0 Å². The molecule has 2 aromatic rings. The molecule has 2 N–H and O–H groups in total. The van der Waals surface area contributed by atoms with Crippen LogP contribution in [0.15, 0.2) is 35.6 Å². The molecule has 0 spiro atoms. The van der Waals surface area contributed by atoms with Gasteiger partial charge in [0.15, 0.2) is 5.16 Å². The van der Waals surface area contributed by atoms with Crippen molar-refractivity contribution in [2.45, 2.75) is 37.3 Å². The molecule has 0 radical (unpaired) electrons. The van der Waals surface area contributed by atoms with Crippen LogP contribution in [-0.4, -0.2) is 26.8 Å². The van der Waals surface area contributed by atoms with E-state index >= 15 is 0 Å². The molecule has 0 amide bonds. The number of hydrogen-bond acceptors (Lipinski definition) is 3. The molecule has 0 aliphatic rings. The molecular formula is C16H19ClN2O2S. The van der Waals surface area contributed by atoms with E-state index in [9.17, 15) is 4.79 Å². The summed E-state index contributed by atoms with van der Waals surface area (Å²) in [5.41, 5.74) is 1.84. The van der Waals surface area contributed by atoms with Crippen molar-refractivity contribution in [1.29, 1.82) is 0 Å². The summed E-state index contributed by atoms with van der Waals surface area (Å²) in [4.78, 5) is 18.6. The van der Waals surface area contributed by atoms with E-state index in [0.717, 1.165) is 28.6 Å². The van der Waals surface area contributed by atoms with E-state index < -0.39 is 5.97 Å². The fourth-order valence-electron chi connectivity index (χ4n) is 2.27. The number of nitrogens with zero attached hydrogens (tertiary/aromatic N) is 1. The summed E-state index contributed by atoms with van der Waals surface area (Å²) in [6, 6.07) is 7.55. The Morgan fingerprint density at radius 1 is 1.45 bits per heavy atom. The minimum atomic E-state index is -0.808. The predicted molar refractivity (Wildman–Crippen MR) is 89.8 cm³/mol. The molecule has 2 rings (SSSR count). The second-order valence-electron chi connectivity index (χ2n) is 5.00. The van der Waals surface area contributed by atoms with Crippen LogP contribution in [0, 0.1) is 0 Å². The van der Waals surface area contributed by atoms with Gasteiger partial charge in [-0.1, -0.05) is 48.5 Å². The third-order valence-electron chi connectivity index (χ3n) is 3.32. The van der Waals surface area contributed by atoms with Crippen LogP contribution in [0.5, 0.6) is 0 Å². The molecule has 0 saturated carbocycles. The highest BCUT2D eigenvalue weighted by Crippen LogP contribution is 2.33. The first-order chi connectivity index (χ1) is 10.6. The number of hydrogen-bond donors (Lipinski definition) is 2. The first kappa shape index (κ1) is 16.9. The molecule has 6 heteroatoms. The number of H-pyrrole nitrogens is 1. The second-order valence-corrected chi connectivity index (χ2v) is 6.49. The average molecular weight is 339 g/mol. The fraction of sp³-hybridized carbons (Fsp3) is 0.375. The van der Waals surface area contributed by atoms with Crippen molar-refractivity contribution in [3.05, 3.63) is 46.7 Å². The lowest BCUT2D eigenvalue weighted by atomic mass is 9.91. The highest BCUT2D eigenvalue weighted by molar-refractivity contribution is 7.99. The lowest BCUT2D eigenvalue weighted by Gasteiger charge is -2.16. The van der Waals surface area contributed by atoms with E-state index in [0.29, 0.717) is 11.4 Å². The maximum absolute atomic E-state index is 10.9. The molecule has 22 heavy (non-hydrogen) atoms. The minimum absolute atomic E-state index is 0.0896. The number of aromatic nitrogens is 2. The summed E-state index contributed by atoms with van der Waals surface area (Å²) >= 11 is 7.95. The summed E-state index contributed by atoms with van der Waals surface area (Å²) in [6.07, 6.45) is 3.44. The molecule has 0 aliphatic carbocycles. The quantitative estimate of drug-likeness (QED) is 0.692. The number of carboxylic acid groups (broad SMARTS) is 1. The van der Waals surface area contributed by atoms with Crippen molar-refractivity contribution in [2.75, 3.05) is 5.75 Å². The predicted octanol–water partition coefficient (Wildman–Crippen LogP) is 4.56. The lowest BCUT2D eigenvalue weighted by molar-refractivity contribution is -0.137. The smallest absolute Gasteiger partial charge is 0.303 e. The molecule has 0 bridgehead atoms. The molecular weight excluding hydrogens is 320 g/mol. The zero-order chi connectivity index (χ0) is 15.9. The SMILES string of the molecule is CCCSc1ncc(C(CCC(=O)O)c2ccccc2Cl)[nH]1. The highest BCUT2D eigenvalue weighted by Gasteiger charge is 2.20. The van der Waals surface area contributed by atoms with E-state index in [1.54, 1.807) is 18.0 Å². The molecule has 0 aliphatic heterocycles. The van der Waals surface area contributed by atoms with Gasteiger partial charge in [-0.2, -0.15) is 0 Å². The maximum Gasteiger partial charge on any atom is 0.303 e. The van der Waals surface area contributed by atoms with Gasteiger partial charge >= 0.3 is 5.97 Å². The minimum Gasteiger partial charge on any atom is -0.481 e. The number of aliphatic carboxylic acids is 1. The summed E-state index contributed by atoms with van der Waals surface area (Å²) in [6.45, 7) is 2.12. The Bertz CT molecular complexity index is 630. The molecule has 1 atom stereocenters. The van der Waals surface area contributed by atoms with Crippen LogP contribution in [0.2, 0.25) is 5.02 Å². The zero-order valence-corrected chi connectivity index (χ0v) is 14.0. The molecule has 1 heterocycles. The molecule has 118 valence electrons.